The summed E-state index contributed by atoms with van der Waals surface area (Å²) in [4.78, 5) is 14.5. The Balaban J connectivity index is 1.58. The molecule has 1 aliphatic heterocycles. The van der Waals surface area contributed by atoms with Crippen LogP contribution >= 0.6 is 11.6 Å². The van der Waals surface area contributed by atoms with E-state index in [0.717, 1.165) is 22.6 Å². The Morgan fingerprint density at radius 2 is 2.04 bits per heavy atom. The number of carbonyl (C=O) groups excluding carboxylic acids is 1. The molecule has 0 saturated heterocycles. The van der Waals surface area contributed by atoms with Crippen molar-refractivity contribution in [2.75, 3.05) is 6.54 Å². The Hall–Kier alpha value is -3.10. The third-order valence-corrected chi connectivity index (χ3v) is 4.73. The lowest BCUT2D eigenvalue weighted by atomic mass is 10.00. The van der Waals surface area contributed by atoms with Gasteiger partial charge < -0.3 is 9.42 Å². The van der Waals surface area contributed by atoms with Crippen molar-refractivity contribution in [2.24, 2.45) is 0 Å². The van der Waals surface area contributed by atoms with Crippen molar-refractivity contribution in [3.8, 4) is 17.4 Å². The monoisotopic (exact) mass is 363 g/mol. The van der Waals surface area contributed by atoms with Gasteiger partial charge in [-0.2, -0.15) is 5.26 Å². The van der Waals surface area contributed by atoms with E-state index in [2.05, 4.69) is 11.2 Å². The highest BCUT2D eigenvalue weighted by Crippen LogP contribution is 2.31. The molecule has 26 heavy (non-hydrogen) atoms. The van der Waals surface area contributed by atoms with Gasteiger partial charge in [0.2, 0.25) is 0 Å². The highest BCUT2D eigenvalue weighted by atomic mass is 35.5. The number of halogens is 1. The summed E-state index contributed by atoms with van der Waals surface area (Å²) in [5, 5.41) is 13.8. The lowest BCUT2D eigenvalue weighted by Crippen LogP contribution is -2.36. The standard InChI is InChI=1S/C20H14ClN3O2/c21-16-6-4-14(5-7-16)19-17-8-9-24(12-18(17)23-26-19)20(25)15-3-1-2-13(10-15)11-22/h1-7,10H,8-9,12H2. The molecule has 1 amide bonds. The number of fused-ring (bicyclic) bond motifs is 1. The largest absolute Gasteiger partial charge is 0.356 e. The highest BCUT2D eigenvalue weighted by molar-refractivity contribution is 6.30. The molecule has 0 fully saturated rings. The zero-order chi connectivity index (χ0) is 18.1. The van der Waals surface area contributed by atoms with Gasteiger partial charge in [-0.15, -0.1) is 0 Å². The Bertz CT molecular complexity index is 1020. The second kappa shape index (κ2) is 6.66. The third-order valence-electron chi connectivity index (χ3n) is 4.47. The Morgan fingerprint density at radius 3 is 2.81 bits per heavy atom. The zero-order valence-corrected chi connectivity index (χ0v) is 14.5. The van der Waals surface area contributed by atoms with Gasteiger partial charge in [0.1, 0.15) is 5.69 Å². The van der Waals surface area contributed by atoms with Crippen molar-refractivity contribution < 1.29 is 9.32 Å². The number of amides is 1. The van der Waals surface area contributed by atoms with E-state index in [1.54, 1.807) is 29.2 Å². The summed E-state index contributed by atoms with van der Waals surface area (Å²) in [6.07, 6.45) is 0.667. The summed E-state index contributed by atoms with van der Waals surface area (Å²) >= 11 is 5.94. The predicted octanol–water partition coefficient (Wildman–Crippen LogP) is 4.07. The molecule has 1 aliphatic rings. The van der Waals surface area contributed by atoms with Crippen LogP contribution in [0.25, 0.3) is 11.3 Å². The van der Waals surface area contributed by atoms with Crippen LogP contribution in [0.1, 0.15) is 27.2 Å². The number of hydrogen-bond donors (Lipinski definition) is 0. The van der Waals surface area contributed by atoms with Crippen molar-refractivity contribution in [2.45, 2.75) is 13.0 Å². The van der Waals surface area contributed by atoms with Crippen LogP contribution in [0, 0.1) is 11.3 Å². The minimum absolute atomic E-state index is 0.108. The van der Waals surface area contributed by atoms with E-state index >= 15 is 0 Å². The predicted molar refractivity (Wildman–Crippen MR) is 96.6 cm³/mol. The van der Waals surface area contributed by atoms with Crippen molar-refractivity contribution >= 4 is 17.5 Å². The Morgan fingerprint density at radius 1 is 1.23 bits per heavy atom. The smallest absolute Gasteiger partial charge is 0.254 e. The number of carbonyl (C=O) groups is 1. The van der Waals surface area contributed by atoms with Crippen molar-refractivity contribution in [3.05, 3.63) is 75.9 Å². The average Bonchev–Trinajstić information content (AvgIpc) is 3.11. The molecule has 6 heteroatoms. The molecule has 0 N–H and O–H groups in total. The molecule has 2 heterocycles. The minimum atomic E-state index is -0.108. The normalized spacial score (nSPS) is 13.2. The van der Waals surface area contributed by atoms with Gasteiger partial charge in [0, 0.05) is 28.3 Å². The van der Waals surface area contributed by atoms with Gasteiger partial charge in [0.15, 0.2) is 5.76 Å². The molecule has 0 bridgehead atoms. The van der Waals surface area contributed by atoms with Gasteiger partial charge in [0.25, 0.3) is 5.91 Å². The van der Waals surface area contributed by atoms with E-state index in [1.165, 1.54) is 0 Å². The first-order valence-corrected chi connectivity index (χ1v) is 8.56. The van der Waals surface area contributed by atoms with E-state index in [1.807, 2.05) is 24.3 Å². The second-order valence-corrected chi connectivity index (χ2v) is 6.55. The van der Waals surface area contributed by atoms with Crippen LogP contribution in [0.15, 0.2) is 53.1 Å². The van der Waals surface area contributed by atoms with Crippen LogP contribution in [-0.4, -0.2) is 22.5 Å². The average molecular weight is 364 g/mol. The molecule has 0 aliphatic carbocycles. The number of hydrogen-bond acceptors (Lipinski definition) is 4. The molecule has 4 rings (SSSR count). The van der Waals surface area contributed by atoms with E-state index in [-0.39, 0.29) is 5.91 Å². The Labute approximate surface area is 155 Å². The lowest BCUT2D eigenvalue weighted by molar-refractivity contribution is 0.0731. The number of benzene rings is 2. The first-order valence-electron chi connectivity index (χ1n) is 8.18. The summed E-state index contributed by atoms with van der Waals surface area (Å²) in [6.45, 7) is 0.965. The molecule has 0 radical (unpaired) electrons. The maximum atomic E-state index is 12.7. The molecule has 3 aromatic rings. The number of nitrogens with zero attached hydrogens (tertiary/aromatic N) is 3. The summed E-state index contributed by atoms with van der Waals surface area (Å²) in [7, 11) is 0. The molecular formula is C20H14ClN3O2. The number of nitriles is 1. The maximum Gasteiger partial charge on any atom is 0.254 e. The quantitative estimate of drug-likeness (QED) is 0.688. The maximum absolute atomic E-state index is 12.7. The number of aromatic nitrogens is 1. The minimum Gasteiger partial charge on any atom is -0.356 e. The van der Waals surface area contributed by atoms with Crippen LogP contribution in [0.3, 0.4) is 0 Å². The van der Waals surface area contributed by atoms with Crippen LogP contribution in [0.5, 0.6) is 0 Å². The molecule has 0 atom stereocenters. The summed E-state index contributed by atoms with van der Waals surface area (Å²) in [6, 6.07) is 16.2. The zero-order valence-electron chi connectivity index (χ0n) is 13.8. The molecule has 1 aromatic heterocycles. The first-order chi connectivity index (χ1) is 12.7. The van der Waals surface area contributed by atoms with Crippen molar-refractivity contribution in [1.82, 2.24) is 10.1 Å². The Kier molecular flexibility index (Phi) is 4.19. The highest BCUT2D eigenvalue weighted by Gasteiger charge is 2.27. The summed E-state index contributed by atoms with van der Waals surface area (Å²) < 4.78 is 5.54. The van der Waals surface area contributed by atoms with Gasteiger partial charge in [-0.25, -0.2) is 0 Å². The van der Waals surface area contributed by atoms with Crippen molar-refractivity contribution in [1.29, 1.82) is 5.26 Å². The van der Waals surface area contributed by atoms with Gasteiger partial charge in [-0.05, 0) is 48.9 Å². The van der Waals surface area contributed by atoms with Crippen LogP contribution in [0.4, 0.5) is 0 Å². The number of rotatable bonds is 2. The van der Waals surface area contributed by atoms with E-state index in [9.17, 15) is 4.79 Å². The molecule has 2 aromatic carbocycles. The molecule has 0 saturated carbocycles. The second-order valence-electron chi connectivity index (χ2n) is 6.11. The molecule has 0 spiro atoms. The van der Waals surface area contributed by atoms with Gasteiger partial charge >= 0.3 is 0 Å². The van der Waals surface area contributed by atoms with E-state index in [0.29, 0.717) is 35.7 Å². The molecule has 5 nitrogen and oxygen atoms in total. The SMILES string of the molecule is N#Cc1cccc(C(=O)N2CCc3c(noc3-c3ccc(Cl)cc3)C2)c1. The topological polar surface area (TPSA) is 70.1 Å². The fourth-order valence-corrected chi connectivity index (χ4v) is 3.26. The fraction of sp³-hybridized carbons (Fsp3) is 0.150. The van der Waals surface area contributed by atoms with E-state index in [4.69, 9.17) is 21.4 Å². The molecular weight excluding hydrogens is 350 g/mol. The van der Waals surface area contributed by atoms with Crippen LogP contribution in [0.2, 0.25) is 5.02 Å². The summed E-state index contributed by atoms with van der Waals surface area (Å²) in [5.41, 5.74) is 3.70. The van der Waals surface area contributed by atoms with Crippen LogP contribution < -0.4 is 0 Å². The van der Waals surface area contributed by atoms with Crippen LogP contribution in [-0.2, 0) is 13.0 Å². The van der Waals surface area contributed by atoms with Gasteiger partial charge in [-0.1, -0.05) is 22.8 Å². The first kappa shape index (κ1) is 16.4. The molecule has 128 valence electrons. The lowest BCUT2D eigenvalue weighted by Gasteiger charge is -2.26. The van der Waals surface area contributed by atoms with Crippen molar-refractivity contribution in [3.63, 3.8) is 0 Å². The third kappa shape index (κ3) is 2.96. The summed E-state index contributed by atoms with van der Waals surface area (Å²) in [5.74, 6) is 0.624. The van der Waals surface area contributed by atoms with Gasteiger partial charge in [0.05, 0.1) is 18.2 Å². The molecule has 0 unspecified atom stereocenters. The van der Waals surface area contributed by atoms with Gasteiger partial charge in [-0.3, -0.25) is 4.79 Å². The van der Waals surface area contributed by atoms with E-state index < -0.39 is 0 Å². The fourth-order valence-electron chi connectivity index (χ4n) is 3.14.